The molecule has 3 heterocycles. The lowest BCUT2D eigenvalue weighted by atomic mass is 9.88. The van der Waals surface area contributed by atoms with Crippen LogP contribution in [0.3, 0.4) is 0 Å². The van der Waals surface area contributed by atoms with E-state index in [1.54, 1.807) is 0 Å². The number of carbonyl (C=O) groups is 3. The van der Waals surface area contributed by atoms with E-state index >= 15 is 0 Å². The molecule has 3 fully saturated rings. The quantitative estimate of drug-likeness (QED) is 0.0275. The molecule has 3 aliphatic rings. The fourth-order valence-electron chi connectivity index (χ4n) is 12.8. The maximum absolute atomic E-state index is 13.5. The second-order valence-electron chi connectivity index (χ2n) is 26.5. The van der Waals surface area contributed by atoms with Crippen molar-refractivity contribution in [2.45, 2.75) is 387 Å². The normalized spacial score (nSPS) is 28.4. The van der Waals surface area contributed by atoms with Gasteiger partial charge >= 0.3 is 5.97 Å². The van der Waals surface area contributed by atoms with E-state index in [1.807, 2.05) is 0 Å². The van der Waals surface area contributed by atoms with E-state index in [0.29, 0.717) is 19.3 Å². The standard InChI is InChI=1S/C68H128N2O21/c1-4-6-8-10-12-14-16-18-19-20-21-22-23-24-25-26-27-28-29-30-32-34-36-38-40-42-55(78)70-49(50(75)41-39-37-35-33-31-17-15-13-11-9-7-5-2)47-86-65-60(82)59(81)62(54(46-73)88-65)89-66-61(83)64(58(80)53(45-72)87-66)91-68(67(84)85)43-51(76)56(69-48(3)74)63(90-68)57(79)52(77)44-71/h49-54,56-66,71-73,75-77,79-83H,4-47H2,1-3H3,(H,69,74)(H,70,78)(H,84,85). The lowest BCUT2D eigenvalue weighted by molar-refractivity contribution is -0.386. The Morgan fingerprint density at radius 3 is 1.37 bits per heavy atom. The van der Waals surface area contributed by atoms with Gasteiger partial charge in [-0.3, -0.25) is 9.59 Å². The van der Waals surface area contributed by atoms with E-state index in [1.165, 1.54) is 180 Å². The van der Waals surface area contributed by atoms with Crippen molar-refractivity contribution in [3.63, 3.8) is 0 Å². The molecule has 0 aromatic rings. The zero-order valence-corrected chi connectivity index (χ0v) is 56.0. The molecule has 0 aromatic heterocycles. The number of carboxylic acids is 1. The highest BCUT2D eigenvalue weighted by Gasteiger charge is 2.60. The molecule has 23 nitrogen and oxygen atoms in total. The molecule has 0 aliphatic carbocycles. The van der Waals surface area contributed by atoms with Crippen LogP contribution < -0.4 is 10.6 Å². The van der Waals surface area contributed by atoms with Crippen molar-refractivity contribution in [3.05, 3.63) is 0 Å². The molecular formula is C68H128N2O21. The summed E-state index contributed by atoms with van der Waals surface area (Å²) in [6, 6.07) is -2.52. The zero-order valence-electron chi connectivity index (χ0n) is 56.0. The van der Waals surface area contributed by atoms with E-state index in [-0.39, 0.29) is 18.9 Å². The average Bonchev–Trinajstić information content (AvgIpc) is 0.780. The number of aliphatic hydroxyl groups excluding tert-OH is 11. The molecule has 3 rings (SSSR count). The first-order valence-electron chi connectivity index (χ1n) is 35.9. The molecule has 14 N–H and O–H groups in total. The molecule has 536 valence electrons. The van der Waals surface area contributed by atoms with Crippen LogP contribution in [0.5, 0.6) is 0 Å². The van der Waals surface area contributed by atoms with Gasteiger partial charge in [0.2, 0.25) is 11.8 Å². The minimum absolute atomic E-state index is 0.229. The number of ether oxygens (including phenoxy) is 6. The van der Waals surface area contributed by atoms with Gasteiger partial charge in [-0.2, -0.15) is 0 Å². The Morgan fingerprint density at radius 2 is 0.956 bits per heavy atom. The Bertz CT molecular complexity index is 1850. The summed E-state index contributed by atoms with van der Waals surface area (Å²) in [6.07, 6.45) is 16.9. The predicted molar refractivity (Wildman–Crippen MR) is 343 cm³/mol. The van der Waals surface area contributed by atoms with Crippen LogP contribution in [0.4, 0.5) is 0 Å². The summed E-state index contributed by atoms with van der Waals surface area (Å²) in [6.45, 7) is 2.21. The highest BCUT2D eigenvalue weighted by molar-refractivity contribution is 5.77. The van der Waals surface area contributed by atoms with E-state index in [4.69, 9.17) is 28.4 Å². The highest BCUT2D eigenvalue weighted by atomic mass is 16.8. The van der Waals surface area contributed by atoms with Crippen LogP contribution in [-0.4, -0.2) is 215 Å². The summed E-state index contributed by atoms with van der Waals surface area (Å²) < 4.78 is 34.8. The molecule has 0 bridgehead atoms. The van der Waals surface area contributed by atoms with Crippen LogP contribution in [0.25, 0.3) is 0 Å². The van der Waals surface area contributed by atoms with Crippen molar-refractivity contribution >= 4 is 17.8 Å². The minimum Gasteiger partial charge on any atom is -0.477 e. The molecule has 91 heavy (non-hydrogen) atoms. The molecular weight excluding hydrogens is 1180 g/mol. The molecule has 0 aromatic carbocycles. The Labute approximate surface area is 544 Å². The van der Waals surface area contributed by atoms with Gasteiger partial charge in [0, 0.05) is 19.8 Å². The monoisotopic (exact) mass is 1310 g/mol. The maximum Gasteiger partial charge on any atom is 0.364 e. The summed E-state index contributed by atoms with van der Waals surface area (Å²) >= 11 is 0. The number of amides is 2. The molecule has 0 spiro atoms. The fourth-order valence-corrected chi connectivity index (χ4v) is 12.8. The first kappa shape index (κ1) is 83.0. The topological polar surface area (TPSA) is 373 Å². The summed E-state index contributed by atoms with van der Waals surface area (Å²) in [4.78, 5) is 38.5. The molecule has 3 aliphatic heterocycles. The van der Waals surface area contributed by atoms with Crippen LogP contribution in [0, 0.1) is 0 Å². The van der Waals surface area contributed by atoms with Crippen LogP contribution in [0.15, 0.2) is 0 Å². The Kier molecular flexibility index (Phi) is 44.9. The van der Waals surface area contributed by atoms with Gasteiger partial charge in [0.15, 0.2) is 12.6 Å². The predicted octanol–water partition coefficient (Wildman–Crippen LogP) is 6.90. The SMILES string of the molecule is CCCCCCCCCCCCCCCCCCCCCCCCCCCC(=O)NC(COC1OC(CO)C(OC2OC(CO)C(O)C(OC3(C(=O)O)CC(O)C(NC(C)=O)C(C(O)C(O)CO)O3)C2O)C(O)C1O)C(O)CCCCCCCCCCCCCC. The Morgan fingerprint density at radius 1 is 0.527 bits per heavy atom. The van der Waals surface area contributed by atoms with Gasteiger partial charge in [0.1, 0.15) is 67.1 Å². The Balaban J connectivity index is 1.53. The number of nitrogens with one attached hydrogen (secondary N) is 2. The van der Waals surface area contributed by atoms with Gasteiger partial charge in [0.05, 0.1) is 50.7 Å². The molecule has 0 saturated carbocycles. The van der Waals surface area contributed by atoms with E-state index in [9.17, 15) is 75.7 Å². The molecule has 0 radical (unpaired) electrons. The maximum atomic E-state index is 13.5. The van der Waals surface area contributed by atoms with Crippen molar-refractivity contribution in [2.24, 2.45) is 0 Å². The van der Waals surface area contributed by atoms with Crippen LogP contribution in [0.2, 0.25) is 0 Å². The van der Waals surface area contributed by atoms with Gasteiger partial charge in [0.25, 0.3) is 5.79 Å². The van der Waals surface area contributed by atoms with Crippen molar-refractivity contribution in [1.29, 1.82) is 0 Å². The first-order chi connectivity index (χ1) is 43.9. The lowest BCUT2D eigenvalue weighted by Crippen LogP contribution is -2.70. The summed E-state index contributed by atoms with van der Waals surface area (Å²) in [7, 11) is 0. The second-order valence-corrected chi connectivity index (χ2v) is 26.5. The van der Waals surface area contributed by atoms with Crippen molar-refractivity contribution in [1.82, 2.24) is 10.6 Å². The van der Waals surface area contributed by atoms with E-state index in [2.05, 4.69) is 24.5 Å². The van der Waals surface area contributed by atoms with E-state index < -0.39 is 148 Å². The number of aliphatic hydroxyl groups is 11. The second kappa shape index (κ2) is 49.3. The first-order valence-corrected chi connectivity index (χ1v) is 35.9. The van der Waals surface area contributed by atoms with E-state index in [0.717, 1.165) is 51.9 Å². The van der Waals surface area contributed by atoms with Gasteiger partial charge < -0.3 is 100 Å². The number of hydrogen-bond donors (Lipinski definition) is 14. The van der Waals surface area contributed by atoms with Gasteiger partial charge in [-0.1, -0.05) is 245 Å². The summed E-state index contributed by atoms with van der Waals surface area (Å²) in [5, 5.41) is 136. The van der Waals surface area contributed by atoms with Gasteiger partial charge in [-0.05, 0) is 12.8 Å². The average molecular weight is 1310 g/mol. The third kappa shape index (κ3) is 31.7. The molecule has 2 amide bonds. The molecule has 18 unspecified atom stereocenters. The Hall–Kier alpha value is -2.27. The number of hydrogen-bond acceptors (Lipinski definition) is 20. The number of unbranched alkanes of at least 4 members (excludes halogenated alkanes) is 35. The number of carbonyl (C=O) groups excluding carboxylic acids is 2. The zero-order chi connectivity index (χ0) is 66.8. The van der Waals surface area contributed by atoms with Crippen molar-refractivity contribution < 1.29 is 104 Å². The smallest absolute Gasteiger partial charge is 0.364 e. The number of rotatable bonds is 55. The lowest BCUT2D eigenvalue weighted by Gasteiger charge is -2.50. The van der Waals surface area contributed by atoms with Crippen molar-refractivity contribution in [3.8, 4) is 0 Å². The van der Waals surface area contributed by atoms with Crippen LogP contribution in [-0.2, 0) is 42.8 Å². The van der Waals surface area contributed by atoms with Crippen LogP contribution in [0.1, 0.15) is 278 Å². The molecule has 18 atom stereocenters. The molecule has 3 saturated heterocycles. The number of aliphatic carboxylic acids is 1. The van der Waals surface area contributed by atoms with Crippen molar-refractivity contribution in [2.75, 3.05) is 26.4 Å². The summed E-state index contributed by atoms with van der Waals surface area (Å²) in [5.41, 5.74) is 0. The minimum atomic E-state index is -3.08. The molecule has 23 heteroatoms. The number of carboxylic acid groups (broad SMARTS) is 1. The highest BCUT2D eigenvalue weighted by Crippen LogP contribution is 2.39. The third-order valence-electron chi connectivity index (χ3n) is 18.6. The largest absolute Gasteiger partial charge is 0.477 e. The van der Waals surface area contributed by atoms with Gasteiger partial charge in [-0.15, -0.1) is 0 Å². The van der Waals surface area contributed by atoms with Gasteiger partial charge in [-0.25, -0.2) is 4.79 Å². The van der Waals surface area contributed by atoms with Crippen LogP contribution >= 0.6 is 0 Å². The fraction of sp³-hybridized carbons (Fsp3) is 0.956. The third-order valence-corrected chi connectivity index (χ3v) is 18.6. The summed E-state index contributed by atoms with van der Waals surface area (Å²) in [5.74, 6) is -6.09.